The number of aliphatic hydroxyl groups is 3. The number of aromatic amines is 2. The Kier molecular flexibility index (Phi) is 10.1. The molecule has 1 saturated carbocycles. The van der Waals surface area contributed by atoms with Crippen molar-refractivity contribution in [3.8, 4) is 0 Å². The molecule has 2 heterocycles. The first-order valence-corrected chi connectivity index (χ1v) is 16.2. The topological polar surface area (TPSA) is 200 Å². The molecule has 14 heteroatoms. The van der Waals surface area contributed by atoms with Crippen molar-refractivity contribution < 1.29 is 33.7 Å². The Morgan fingerprint density at radius 3 is 2.69 bits per heavy atom. The normalized spacial score (nSPS) is 24.2. The summed E-state index contributed by atoms with van der Waals surface area (Å²) in [4.78, 5) is 30.1. The summed E-state index contributed by atoms with van der Waals surface area (Å²) in [7, 11) is -3.93. The lowest BCUT2D eigenvalue weighted by atomic mass is 9.85. The van der Waals surface area contributed by atoms with E-state index in [-0.39, 0.29) is 49.5 Å². The van der Waals surface area contributed by atoms with E-state index in [4.69, 9.17) is 14.8 Å². The van der Waals surface area contributed by atoms with E-state index in [0.29, 0.717) is 16.5 Å². The SMILES string of the molecule is CC(C)(CO)C(=O)SCCOP(=O)(NCc1ccccc1)OC[C@H]1C[C@@H](c2c[nH]c3c(=O)[nH]c(N)cc23)[C@](C)(O)[C@@H]1O. The second kappa shape index (κ2) is 13.0. The zero-order valence-corrected chi connectivity index (χ0v) is 25.5. The van der Waals surface area contributed by atoms with Crippen molar-refractivity contribution >= 4 is 41.3 Å². The van der Waals surface area contributed by atoms with Crippen LogP contribution in [-0.2, 0) is 25.0 Å². The van der Waals surface area contributed by atoms with E-state index in [1.165, 1.54) is 6.92 Å². The lowest BCUT2D eigenvalue weighted by molar-refractivity contribution is -0.119. The molecule has 5 atom stereocenters. The van der Waals surface area contributed by atoms with Crippen LogP contribution in [0.1, 0.15) is 44.2 Å². The van der Waals surface area contributed by atoms with E-state index < -0.39 is 42.3 Å². The average Bonchev–Trinajstić information content (AvgIpc) is 3.47. The molecule has 0 radical (unpaired) electrons. The third kappa shape index (κ3) is 7.17. The summed E-state index contributed by atoms with van der Waals surface area (Å²) in [6.45, 7) is 4.41. The fraction of sp³-hybridized carbons (Fsp3) is 0.500. The summed E-state index contributed by atoms with van der Waals surface area (Å²) in [6, 6.07) is 10.9. The minimum absolute atomic E-state index is 0.0736. The zero-order chi connectivity index (χ0) is 30.7. The van der Waals surface area contributed by atoms with Crippen LogP contribution in [0.3, 0.4) is 0 Å². The minimum Gasteiger partial charge on any atom is -0.395 e. The van der Waals surface area contributed by atoms with Gasteiger partial charge in [0.2, 0.25) is 0 Å². The second-order valence-corrected chi connectivity index (χ2v) is 14.3. The van der Waals surface area contributed by atoms with Gasteiger partial charge in [0.25, 0.3) is 5.56 Å². The number of H-pyrrole nitrogens is 2. The van der Waals surface area contributed by atoms with E-state index in [0.717, 1.165) is 17.3 Å². The lowest BCUT2D eigenvalue weighted by Crippen LogP contribution is -2.41. The molecule has 1 aromatic carbocycles. The lowest BCUT2D eigenvalue weighted by Gasteiger charge is -2.29. The third-order valence-corrected chi connectivity index (χ3v) is 10.4. The molecule has 0 bridgehead atoms. The van der Waals surface area contributed by atoms with Crippen molar-refractivity contribution in [1.29, 1.82) is 0 Å². The van der Waals surface area contributed by atoms with Gasteiger partial charge in [0.15, 0.2) is 5.12 Å². The summed E-state index contributed by atoms with van der Waals surface area (Å²) in [5, 5.41) is 35.0. The number of pyridine rings is 1. The molecule has 1 unspecified atom stereocenters. The predicted molar refractivity (Wildman–Crippen MR) is 162 cm³/mol. The van der Waals surface area contributed by atoms with Gasteiger partial charge in [-0.05, 0) is 44.4 Å². The van der Waals surface area contributed by atoms with Gasteiger partial charge in [0, 0.05) is 35.7 Å². The number of fused-ring (bicyclic) bond motifs is 1. The number of aliphatic hydroxyl groups excluding tert-OH is 2. The van der Waals surface area contributed by atoms with Crippen LogP contribution in [0.2, 0.25) is 0 Å². The summed E-state index contributed by atoms with van der Waals surface area (Å²) >= 11 is 0.970. The number of nitrogen functional groups attached to an aromatic ring is 1. The molecule has 0 aliphatic heterocycles. The molecule has 12 nitrogen and oxygen atoms in total. The van der Waals surface area contributed by atoms with Gasteiger partial charge in [-0.2, -0.15) is 0 Å². The summed E-state index contributed by atoms with van der Waals surface area (Å²) < 4.78 is 25.3. The van der Waals surface area contributed by atoms with E-state index in [1.54, 1.807) is 26.1 Å². The van der Waals surface area contributed by atoms with Crippen molar-refractivity contribution in [2.75, 3.05) is 31.3 Å². The number of hydrogen-bond donors (Lipinski definition) is 7. The number of benzene rings is 1. The Balaban J connectivity index is 1.46. The highest BCUT2D eigenvalue weighted by Crippen LogP contribution is 2.51. The average molecular weight is 623 g/mol. The molecule has 42 heavy (non-hydrogen) atoms. The van der Waals surface area contributed by atoms with E-state index in [1.807, 2.05) is 30.3 Å². The standard InChI is InChI=1S/C28H39N4O8PS/c1-27(2,16-33)26(36)42-10-9-39-41(38,31-13-17-7-5-4-6-8-17)40-15-18-11-21(28(3,37)24(18)34)20-14-30-23-19(20)12-22(29)32-25(23)35/h4-8,12,14,18,21,24,30,33-34,37H,9-11,13,15-16H2,1-3H3,(H,31,38)(H3,29,32,35)/t18-,21+,24-,28+,41?/m1/s1. The summed E-state index contributed by atoms with van der Waals surface area (Å²) in [6.07, 6.45) is 0.664. The highest BCUT2D eigenvalue weighted by molar-refractivity contribution is 8.13. The third-order valence-electron chi connectivity index (χ3n) is 7.71. The maximum absolute atomic E-state index is 13.8. The van der Waals surface area contributed by atoms with Gasteiger partial charge in [-0.25, -0.2) is 9.65 Å². The van der Waals surface area contributed by atoms with Crippen LogP contribution in [0.15, 0.2) is 47.4 Å². The number of nitrogens with two attached hydrogens (primary N) is 1. The first-order chi connectivity index (χ1) is 19.8. The van der Waals surface area contributed by atoms with E-state index >= 15 is 0 Å². The Labute approximate surface area is 248 Å². The molecule has 0 saturated heterocycles. The maximum atomic E-state index is 13.8. The number of thioether (sulfide) groups is 1. The van der Waals surface area contributed by atoms with Crippen molar-refractivity contribution in [2.24, 2.45) is 11.3 Å². The van der Waals surface area contributed by atoms with Gasteiger partial charge in [-0.3, -0.25) is 18.6 Å². The molecule has 3 aromatic rings. The Morgan fingerprint density at radius 2 is 2.00 bits per heavy atom. The van der Waals surface area contributed by atoms with Crippen LogP contribution in [0.5, 0.6) is 0 Å². The number of rotatable bonds is 13. The Hall–Kier alpha value is -2.48. The van der Waals surface area contributed by atoms with Gasteiger partial charge < -0.3 is 31.0 Å². The minimum atomic E-state index is -3.93. The van der Waals surface area contributed by atoms with Crippen molar-refractivity contribution in [2.45, 2.75) is 51.4 Å². The predicted octanol–water partition coefficient (Wildman–Crippen LogP) is 2.86. The number of aromatic nitrogens is 2. The van der Waals surface area contributed by atoms with Crippen molar-refractivity contribution in [3.05, 3.63) is 64.1 Å². The largest absolute Gasteiger partial charge is 0.405 e. The molecule has 1 aliphatic carbocycles. The van der Waals surface area contributed by atoms with Gasteiger partial charge in [-0.15, -0.1) is 0 Å². The number of anilines is 1. The van der Waals surface area contributed by atoms with Gasteiger partial charge in [0.05, 0.1) is 36.9 Å². The summed E-state index contributed by atoms with van der Waals surface area (Å²) in [5.41, 5.74) is 4.75. The van der Waals surface area contributed by atoms with E-state index in [9.17, 15) is 29.5 Å². The first-order valence-electron chi connectivity index (χ1n) is 13.6. The molecule has 1 fully saturated rings. The molecular weight excluding hydrogens is 583 g/mol. The zero-order valence-electron chi connectivity index (χ0n) is 23.8. The quantitative estimate of drug-likeness (QED) is 0.109. The molecule has 1 aliphatic rings. The molecule has 230 valence electrons. The molecule has 0 spiro atoms. The van der Waals surface area contributed by atoms with Crippen LogP contribution in [0.25, 0.3) is 10.9 Å². The Morgan fingerprint density at radius 1 is 1.29 bits per heavy atom. The Bertz CT molecular complexity index is 1490. The van der Waals surface area contributed by atoms with Crippen molar-refractivity contribution in [3.63, 3.8) is 0 Å². The smallest absolute Gasteiger partial charge is 0.395 e. The monoisotopic (exact) mass is 622 g/mol. The molecule has 2 aromatic heterocycles. The van der Waals surface area contributed by atoms with Crippen LogP contribution in [0, 0.1) is 11.3 Å². The highest BCUT2D eigenvalue weighted by Gasteiger charge is 2.52. The number of carbonyl (C=O) groups excluding carboxylic acids is 1. The molecule has 0 amide bonds. The van der Waals surface area contributed by atoms with E-state index in [2.05, 4.69) is 15.1 Å². The summed E-state index contributed by atoms with van der Waals surface area (Å²) in [5.74, 6) is -0.834. The van der Waals surface area contributed by atoms with Crippen LogP contribution >= 0.6 is 19.5 Å². The molecule has 4 rings (SSSR count). The van der Waals surface area contributed by atoms with Crippen molar-refractivity contribution in [1.82, 2.24) is 15.1 Å². The van der Waals surface area contributed by atoms with Gasteiger partial charge in [-0.1, -0.05) is 42.1 Å². The van der Waals surface area contributed by atoms with Crippen LogP contribution < -0.4 is 16.4 Å². The molecule has 8 N–H and O–H groups in total. The van der Waals surface area contributed by atoms with Gasteiger partial charge in [0.1, 0.15) is 11.3 Å². The molecular formula is C28H39N4O8PS. The maximum Gasteiger partial charge on any atom is 0.405 e. The fourth-order valence-electron chi connectivity index (χ4n) is 5.08. The van der Waals surface area contributed by atoms with Crippen LogP contribution in [-0.4, -0.2) is 67.7 Å². The number of carbonyl (C=O) groups is 1. The second-order valence-electron chi connectivity index (χ2n) is 11.4. The van der Waals surface area contributed by atoms with Gasteiger partial charge >= 0.3 is 7.75 Å². The fourth-order valence-corrected chi connectivity index (χ4v) is 7.36. The highest BCUT2D eigenvalue weighted by atomic mass is 32.2. The first kappa shape index (κ1) is 32.4. The number of nitrogens with one attached hydrogen (secondary N) is 3. The number of hydrogen-bond acceptors (Lipinski definition) is 10. The van der Waals surface area contributed by atoms with Crippen LogP contribution in [0.4, 0.5) is 5.82 Å².